The van der Waals surface area contributed by atoms with Gasteiger partial charge in [-0.1, -0.05) is 48.5 Å². The summed E-state index contributed by atoms with van der Waals surface area (Å²) >= 11 is 0. The van der Waals surface area contributed by atoms with Crippen molar-refractivity contribution in [2.75, 3.05) is 19.6 Å². The molecule has 1 aliphatic rings. The number of hydrogen-bond acceptors (Lipinski definition) is 4. The third kappa shape index (κ3) is 6.92. The Bertz CT molecular complexity index is 1030. The Kier molecular flexibility index (Phi) is 7.72. The second-order valence-corrected chi connectivity index (χ2v) is 8.23. The fraction of sp³-hybridized carbons (Fsp3) is 0.259. The van der Waals surface area contributed by atoms with Crippen LogP contribution in [-0.4, -0.2) is 42.4 Å². The maximum atomic E-state index is 12.4. The van der Waals surface area contributed by atoms with E-state index in [0.29, 0.717) is 11.3 Å². The lowest BCUT2D eigenvalue weighted by Crippen LogP contribution is -2.47. The van der Waals surface area contributed by atoms with Gasteiger partial charge in [-0.25, -0.2) is 0 Å². The Morgan fingerprint density at radius 2 is 1.42 bits per heavy atom. The van der Waals surface area contributed by atoms with Crippen LogP contribution in [0, 0.1) is 0 Å². The van der Waals surface area contributed by atoms with Crippen molar-refractivity contribution in [1.29, 1.82) is 0 Å². The molecule has 0 bridgehead atoms. The molecule has 0 aromatic heterocycles. The summed E-state index contributed by atoms with van der Waals surface area (Å²) in [6.07, 6.45) is 1.82. The molecule has 170 valence electrons. The number of piperidine rings is 1. The first-order valence-electron chi connectivity index (χ1n) is 11.3. The average Bonchev–Trinajstić information content (AvgIpc) is 2.85. The molecule has 0 radical (unpaired) electrons. The van der Waals surface area contributed by atoms with E-state index in [4.69, 9.17) is 4.74 Å². The van der Waals surface area contributed by atoms with Crippen LogP contribution in [0.25, 0.3) is 0 Å². The zero-order valence-electron chi connectivity index (χ0n) is 18.6. The number of ether oxygens (including phenoxy) is 1. The van der Waals surface area contributed by atoms with E-state index in [1.165, 1.54) is 5.56 Å². The van der Waals surface area contributed by atoms with Gasteiger partial charge in [0.2, 0.25) is 5.91 Å². The number of carbonyl (C=O) groups excluding carboxylic acids is 2. The lowest BCUT2D eigenvalue weighted by atomic mass is 10.0. The molecule has 0 spiro atoms. The SMILES string of the molecule is O=C(CNC(=O)c1ccc(Oc2ccccc2)cc1)NC1CCN(Cc2ccccc2)CC1. The van der Waals surface area contributed by atoms with E-state index < -0.39 is 0 Å². The third-order valence-electron chi connectivity index (χ3n) is 5.71. The minimum atomic E-state index is -0.283. The Morgan fingerprint density at radius 3 is 2.09 bits per heavy atom. The van der Waals surface area contributed by atoms with Crippen LogP contribution in [0.5, 0.6) is 11.5 Å². The van der Waals surface area contributed by atoms with Gasteiger partial charge in [-0.15, -0.1) is 0 Å². The number of rotatable bonds is 8. The molecule has 0 unspecified atom stereocenters. The highest BCUT2D eigenvalue weighted by Gasteiger charge is 2.21. The topological polar surface area (TPSA) is 70.7 Å². The van der Waals surface area contributed by atoms with Crippen molar-refractivity contribution in [2.45, 2.75) is 25.4 Å². The molecule has 0 saturated carbocycles. The Balaban J connectivity index is 1.16. The van der Waals surface area contributed by atoms with Crippen molar-refractivity contribution >= 4 is 11.8 Å². The number of nitrogens with one attached hydrogen (secondary N) is 2. The molecule has 3 aromatic rings. The van der Waals surface area contributed by atoms with Crippen molar-refractivity contribution in [1.82, 2.24) is 15.5 Å². The van der Waals surface area contributed by atoms with E-state index in [1.54, 1.807) is 24.3 Å². The molecule has 1 aliphatic heterocycles. The van der Waals surface area contributed by atoms with Crippen LogP contribution >= 0.6 is 0 Å². The molecular weight excluding hydrogens is 414 g/mol. The molecule has 4 rings (SSSR count). The first-order chi connectivity index (χ1) is 16.2. The van der Waals surface area contributed by atoms with Crippen molar-refractivity contribution < 1.29 is 14.3 Å². The van der Waals surface area contributed by atoms with E-state index in [1.807, 2.05) is 36.4 Å². The highest BCUT2D eigenvalue weighted by atomic mass is 16.5. The molecule has 0 atom stereocenters. The van der Waals surface area contributed by atoms with E-state index in [0.717, 1.165) is 38.2 Å². The van der Waals surface area contributed by atoms with E-state index in [9.17, 15) is 9.59 Å². The second-order valence-electron chi connectivity index (χ2n) is 8.23. The normalized spacial score (nSPS) is 14.4. The van der Waals surface area contributed by atoms with Gasteiger partial charge in [0, 0.05) is 31.2 Å². The summed E-state index contributed by atoms with van der Waals surface area (Å²) in [5.41, 5.74) is 1.79. The highest BCUT2D eigenvalue weighted by Crippen LogP contribution is 2.21. The van der Waals surface area contributed by atoms with Gasteiger partial charge in [-0.2, -0.15) is 0 Å². The number of para-hydroxylation sites is 1. The Morgan fingerprint density at radius 1 is 0.818 bits per heavy atom. The van der Waals surface area contributed by atoms with Crippen LogP contribution in [0.3, 0.4) is 0 Å². The van der Waals surface area contributed by atoms with Gasteiger partial charge in [-0.05, 0) is 54.8 Å². The summed E-state index contributed by atoms with van der Waals surface area (Å²) < 4.78 is 5.74. The monoisotopic (exact) mass is 443 g/mol. The smallest absolute Gasteiger partial charge is 0.251 e. The standard InChI is InChI=1S/C27H29N3O3/c31-26(29-23-15-17-30(18-16-23)20-21-7-3-1-4-8-21)19-28-27(32)22-11-13-25(14-12-22)33-24-9-5-2-6-10-24/h1-14,23H,15-20H2,(H,28,32)(H,29,31). The fourth-order valence-electron chi connectivity index (χ4n) is 3.92. The lowest BCUT2D eigenvalue weighted by Gasteiger charge is -2.32. The number of nitrogens with zero attached hydrogens (tertiary/aromatic N) is 1. The lowest BCUT2D eigenvalue weighted by molar-refractivity contribution is -0.121. The van der Waals surface area contributed by atoms with E-state index in [-0.39, 0.29) is 24.4 Å². The van der Waals surface area contributed by atoms with Crippen LogP contribution in [0.2, 0.25) is 0 Å². The van der Waals surface area contributed by atoms with Crippen molar-refractivity contribution in [3.8, 4) is 11.5 Å². The van der Waals surface area contributed by atoms with Crippen LogP contribution in [-0.2, 0) is 11.3 Å². The van der Waals surface area contributed by atoms with Gasteiger partial charge >= 0.3 is 0 Å². The molecular formula is C27H29N3O3. The second kappa shape index (κ2) is 11.3. The van der Waals surface area contributed by atoms with E-state index >= 15 is 0 Å². The average molecular weight is 444 g/mol. The van der Waals surface area contributed by atoms with Crippen molar-refractivity contribution in [3.05, 3.63) is 96.1 Å². The van der Waals surface area contributed by atoms with Gasteiger partial charge in [0.1, 0.15) is 11.5 Å². The predicted molar refractivity (Wildman–Crippen MR) is 128 cm³/mol. The maximum Gasteiger partial charge on any atom is 0.251 e. The predicted octanol–water partition coefficient (Wildman–Crippen LogP) is 3.99. The fourth-order valence-corrected chi connectivity index (χ4v) is 3.92. The molecule has 33 heavy (non-hydrogen) atoms. The minimum Gasteiger partial charge on any atom is -0.457 e. The number of amides is 2. The maximum absolute atomic E-state index is 12.4. The van der Waals surface area contributed by atoms with Crippen LogP contribution in [0.4, 0.5) is 0 Å². The van der Waals surface area contributed by atoms with Crippen LogP contribution in [0.1, 0.15) is 28.8 Å². The van der Waals surface area contributed by atoms with Crippen LogP contribution < -0.4 is 15.4 Å². The zero-order chi connectivity index (χ0) is 22.9. The zero-order valence-corrected chi connectivity index (χ0v) is 18.6. The summed E-state index contributed by atoms with van der Waals surface area (Å²) in [4.78, 5) is 27.1. The molecule has 1 fully saturated rings. The summed E-state index contributed by atoms with van der Waals surface area (Å²) in [6, 6.07) is 26.9. The molecule has 6 heteroatoms. The first kappa shape index (κ1) is 22.6. The molecule has 2 amide bonds. The summed E-state index contributed by atoms with van der Waals surface area (Å²) in [7, 11) is 0. The van der Waals surface area contributed by atoms with Gasteiger partial charge in [0.05, 0.1) is 6.54 Å². The number of likely N-dealkylation sites (tertiary alicyclic amines) is 1. The molecule has 0 aliphatic carbocycles. The molecule has 6 nitrogen and oxygen atoms in total. The van der Waals surface area contributed by atoms with Gasteiger partial charge < -0.3 is 15.4 Å². The number of hydrogen-bond donors (Lipinski definition) is 2. The number of carbonyl (C=O) groups is 2. The van der Waals surface area contributed by atoms with Crippen LogP contribution in [0.15, 0.2) is 84.9 Å². The third-order valence-corrected chi connectivity index (χ3v) is 5.71. The van der Waals surface area contributed by atoms with Gasteiger partial charge in [-0.3, -0.25) is 14.5 Å². The van der Waals surface area contributed by atoms with Gasteiger partial charge in [0.15, 0.2) is 0 Å². The largest absolute Gasteiger partial charge is 0.457 e. The summed E-state index contributed by atoms with van der Waals surface area (Å²) in [5.74, 6) is 0.939. The number of benzene rings is 3. The molecule has 1 heterocycles. The minimum absolute atomic E-state index is 0.0364. The Labute approximate surface area is 194 Å². The van der Waals surface area contributed by atoms with E-state index in [2.05, 4.69) is 39.8 Å². The van der Waals surface area contributed by atoms with Crippen molar-refractivity contribution in [2.24, 2.45) is 0 Å². The molecule has 1 saturated heterocycles. The quantitative estimate of drug-likeness (QED) is 0.552. The van der Waals surface area contributed by atoms with Gasteiger partial charge in [0.25, 0.3) is 5.91 Å². The van der Waals surface area contributed by atoms with Crippen molar-refractivity contribution in [3.63, 3.8) is 0 Å². The molecule has 3 aromatic carbocycles. The molecule has 2 N–H and O–H groups in total. The summed E-state index contributed by atoms with van der Waals surface area (Å²) in [5, 5.41) is 5.74. The Hall–Kier alpha value is -3.64. The first-order valence-corrected chi connectivity index (χ1v) is 11.3. The summed E-state index contributed by atoms with van der Waals surface area (Å²) in [6.45, 7) is 2.80. The highest BCUT2D eigenvalue weighted by molar-refractivity contribution is 5.96.